The Kier molecular flexibility index (Phi) is 5.12. The SMILES string of the molecule is NCC1(NC(=O)c2cccc(NS(=O)(=O)c3cccs3)c2)CCCC1. The molecule has 0 saturated heterocycles. The van der Waals surface area contributed by atoms with Gasteiger partial charge in [-0.05, 0) is 42.5 Å². The highest BCUT2D eigenvalue weighted by molar-refractivity contribution is 7.94. The molecule has 4 N–H and O–H groups in total. The molecular formula is C17H21N3O3S2. The number of hydrogen-bond acceptors (Lipinski definition) is 5. The fraction of sp³-hybridized carbons (Fsp3) is 0.353. The molecule has 25 heavy (non-hydrogen) atoms. The zero-order valence-corrected chi connectivity index (χ0v) is 15.3. The van der Waals surface area contributed by atoms with Crippen LogP contribution in [0.15, 0.2) is 46.0 Å². The van der Waals surface area contributed by atoms with Crippen molar-refractivity contribution in [2.75, 3.05) is 11.3 Å². The van der Waals surface area contributed by atoms with E-state index in [9.17, 15) is 13.2 Å². The number of nitrogens with two attached hydrogens (primary N) is 1. The number of thiophene rings is 1. The molecule has 8 heteroatoms. The van der Waals surface area contributed by atoms with E-state index in [2.05, 4.69) is 10.0 Å². The van der Waals surface area contributed by atoms with Crippen LogP contribution in [0.5, 0.6) is 0 Å². The molecule has 0 radical (unpaired) electrons. The summed E-state index contributed by atoms with van der Waals surface area (Å²) in [4.78, 5) is 12.6. The molecule has 1 heterocycles. The number of benzene rings is 1. The van der Waals surface area contributed by atoms with Crippen molar-refractivity contribution < 1.29 is 13.2 Å². The fourth-order valence-electron chi connectivity index (χ4n) is 3.09. The first-order valence-corrected chi connectivity index (χ1v) is 10.5. The first-order valence-electron chi connectivity index (χ1n) is 8.13. The predicted molar refractivity (Wildman–Crippen MR) is 99.3 cm³/mol. The van der Waals surface area contributed by atoms with Crippen LogP contribution in [0.3, 0.4) is 0 Å². The molecule has 1 saturated carbocycles. The van der Waals surface area contributed by atoms with E-state index < -0.39 is 10.0 Å². The van der Waals surface area contributed by atoms with Gasteiger partial charge in [0.1, 0.15) is 4.21 Å². The van der Waals surface area contributed by atoms with Crippen LogP contribution in [0.4, 0.5) is 5.69 Å². The third kappa shape index (κ3) is 4.02. The Morgan fingerprint density at radius 2 is 1.96 bits per heavy atom. The summed E-state index contributed by atoms with van der Waals surface area (Å²) in [5.74, 6) is -0.232. The van der Waals surface area contributed by atoms with Crippen LogP contribution in [0.2, 0.25) is 0 Å². The monoisotopic (exact) mass is 379 g/mol. The molecular weight excluding hydrogens is 358 g/mol. The minimum absolute atomic E-state index is 0.232. The van der Waals surface area contributed by atoms with Crippen LogP contribution in [-0.4, -0.2) is 26.4 Å². The van der Waals surface area contributed by atoms with Crippen molar-refractivity contribution in [2.45, 2.75) is 35.4 Å². The van der Waals surface area contributed by atoms with Gasteiger partial charge in [-0.25, -0.2) is 8.42 Å². The van der Waals surface area contributed by atoms with Gasteiger partial charge in [-0.3, -0.25) is 9.52 Å². The first-order chi connectivity index (χ1) is 11.9. The van der Waals surface area contributed by atoms with E-state index in [0.717, 1.165) is 37.0 Å². The van der Waals surface area contributed by atoms with Gasteiger partial charge in [-0.1, -0.05) is 25.0 Å². The molecule has 0 atom stereocenters. The lowest BCUT2D eigenvalue weighted by Crippen LogP contribution is -2.51. The zero-order valence-electron chi connectivity index (χ0n) is 13.7. The number of carbonyl (C=O) groups is 1. The predicted octanol–water partition coefficient (Wildman–Crippen LogP) is 2.55. The van der Waals surface area contributed by atoms with E-state index in [0.29, 0.717) is 17.8 Å². The summed E-state index contributed by atoms with van der Waals surface area (Å²) in [5, 5.41) is 4.74. The average molecular weight is 380 g/mol. The van der Waals surface area contributed by atoms with Crippen LogP contribution in [0.1, 0.15) is 36.0 Å². The number of amides is 1. The van der Waals surface area contributed by atoms with Crippen LogP contribution in [0, 0.1) is 0 Å². The number of hydrogen-bond donors (Lipinski definition) is 3. The highest BCUT2D eigenvalue weighted by atomic mass is 32.2. The minimum Gasteiger partial charge on any atom is -0.345 e. The molecule has 0 aliphatic heterocycles. The maximum absolute atomic E-state index is 12.6. The quantitative estimate of drug-likeness (QED) is 0.718. The number of nitrogens with one attached hydrogen (secondary N) is 2. The van der Waals surface area contributed by atoms with Crippen LogP contribution in [0.25, 0.3) is 0 Å². The molecule has 0 unspecified atom stereocenters. The molecule has 0 bridgehead atoms. The fourth-order valence-corrected chi connectivity index (χ4v) is 5.13. The van der Waals surface area contributed by atoms with Crippen molar-refractivity contribution in [2.24, 2.45) is 5.73 Å². The van der Waals surface area contributed by atoms with Gasteiger partial charge in [-0.15, -0.1) is 11.3 Å². The summed E-state index contributed by atoms with van der Waals surface area (Å²) in [5.41, 5.74) is 6.28. The van der Waals surface area contributed by atoms with Crippen molar-refractivity contribution in [3.8, 4) is 0 Å². The molecule has 6 nitrogen and oxygen atoms in total. The third-order valence-corrected chi connectivity index (χ3v) is 7.25. The smallest absolute Gasteiger partial charge is 0.271 e. The Morgan fingerprint density at radius 3 is 2.60 bits per heavy atom. The molecule has 1 aromatic carbocycles. The molecule has 2 aromatic rings. The Hall–Kier alpha value is -1.90. The largest absolute Gasteiger partial charge is 0.345 e. The summed E-state index contributed by atoms with van der Waals surface area (Å²) in [7, 11) is -3.63. The van der Waals surface area contributed by atoms with Crippen molar-refractivity contribution in [1.82, 2.24) is 5.32 Å². The van der Waals surface area contributed by atoms with Gasteiger partial charge in [0.15, 0.2) is 0 Å². The Morgan fingerprint density at radius 1 is 1.20 bits per heavy atom. The normalized spacial score (nSPS) is 16.5. The molecule has 1 aliphatic rings. The van der Waals surface area contributed by atoms with Crippen molar-refractivity contribution in [3.63, 3.8) is 0 Å². The van der Waals surface area contributed by atoms with Crippen molar-refractivity contribution >= 4 is 33.0 Å². The molecule has 134 valence electrons. The Labute approximate surface area is 151 Å². The van der Waals surface area contributed by atoms with Gasteiger partial charge in [0.25, 0.3) is 15.9 Å². The van der Waals surface area contributed by atoms with Gasteiger partial charge in [0.2, 0.25) is 0 Å². The minimum atomic E-state index is -3.63. The molecule has 1 amide bonds. The van der Waals surface area contributed by atoms with Gasteiger partial charge >= 0.3 is 0 Å². The maximum Gasteiger partial charge on any atom is 0.271 e. The van der Waals surface area contributed by atoms with E-state index in [1.54, 1.807) is 35.7 Å². The third-order valence-electron chi connectivity index (χ3n) is 4.47. The highest BCUT2D eigenvalue weighted by Crippen LogP contribution is 2.29. The second kappa shape index (κ2) is 7.15. The van der Waals surface area contributed by atoms with Gasteiger partial charge in [-0.2, -0.15) is 0 Å². The van der Waals surface area contributed by atoms with E-state index in [1.807, 2.05) is 0 Å². The molecule has 1 aromatic heterocycles. The lowest BCUT2D eigenvalue weighted by Gasteiger charge is -2.28. The Balaban J connectivity index is 1.76. The lowest BCUT2D eigenvalue weighted by molar-refractivity contribution is 0.0903. The summed E-state index contributed by atoms with van der Waals surface area (Å²) < 4.78 is 27.3. The molecule has 1 fully saturated rings. The first kappa shape index (κ1) is 17.9. The maximum atomic E-state index is 12.6. The highest BCUT2D eigenvalue weighted by Gasteiger charge is 2.34. The van der Waals surface area contributed by atoms with Crippen molar-refractivity contribution in [3.05, 3.63) is 47.3 Å². The van der Waals surface area contributed by atoms with Crippen molar-refractivity contribution in [1.29, 1.82) is 0 Å². The van der Waals surface area contributed by atoms with E-state index in [1.165, 1.54) is 6.07 Å². The van der Waals surface area contributed by atoms with Gasteiger partial charge < -0.3 is 11.1 Å². The zero-order chi connectivity index (χ0) is 17.9. The standard InChI is InChI=1S/C17H21N3O3S2/c18-12-17(8-1-2-9-17)19-16(21)13-5-3-6-14(11-13)20-25(22,23)15-7-4-10-24-15/h3-7,10-11,20H,1-2,8-9,12,18H2,(H,19,21). The number of rotatable bonds is 6. The summed E-state index contributed by atoms with van der Waals surface area (Å²) in [6.45, 7) is 0.406. The van der Waals surface area contributed by atoms with Gasteiger partial charge in [0, 0.05) is 17.8 Å². The molecule has 1 aliphatic carbocycles. The summed E-state index contributed by atoms with van der Waals surface area (Å²) in [6, 6.07) is 9.70. The summed E-state index contributed by atoms with van der Waals surface area (Å²) >= 11 is 1.14. The van der Waals surface area contributed by atoms with E-state index in [4.69, 9.17) is 5.73 Å². The number of anilines is 1. The second-order valence-electron chi connectivity index (χ2n) is 6.26. The van der Waals surface area contributed by atoms with Crippen LogP contribution in [-0.2, 0) is 10.0 Å². The van der Waals surface area contributed by atoms with Gasteiger partial charge in [0.05, 0.1) is 5.54 Å². The summed E-state index contributed by atoms with van der Waals surface area (Å²) in [6.07, 6.45) is 3.86. The average Bonchev–Trinajstić information content (AvgIpc) is 3.27. The van der Waals surface area contributed by atoms with Crippen LogP contribution < -0.4 is 15.8 Å². The lowest BCUT2D eigenvalue weighted by atomic mass is 9.97. The number of carbonyl (C=O) groups excluding carboxylic acids is 1. The van der Waals surface area contributed by atoms with E-state index >= 15 is 0 Å². The Bertz CT molecular complexity index is 842. The van der Waals surface area contributed by atoms with E-state index in [-0.39, 0.29) is 15.7 Å². The van der Waals surface area contributed by atoms with Crippen LogP contribution >= 0.6 is 11.3 Å². The molecule has 0 spiro atoms. The number of sulfonamides is 1. The topological polar surface area (TPSA) is 101 Å². The molecule has 3 rings (SSSR count). The second-order valence-corrected chi connectivity index (χ2v) is 9.12.